The molecule has 3 rings (SSSR count). The van der Waals surface area contributed by atoms with Gasteiger partial charge in [-0.05, 0) is 31.2 Å². The average molecular weight is 311 g/mol. The number of amides is 1. The minimum absolute atomic E-state index is 0.169. The van der Waals surface area contributed by atoms with E-state index in [1.807, 2.05) is 31.2 Å². The third-order valence-electron chi connectivity index (χ3n) is 3.52. The van der Waals surface area contributed by atoms with Gasteiger partial charge in [-0.1, -0.05) is 22.9 Å². The second kappa shape index (κ2) is 6.48. The molecule has 0 saturated heterocycles. The molecule has 1 aromatic carbocycles. The number of likely N-dealkylation sites (N-methyl/N-ethyl adjacent to an activating group) is 1. The maximum Gasteiger partial charge on any atom is 0.289 e. The number of carbonyl (C=O) groups is 1. The number of benzene rings is 1. The normalized spacial score (nSPS) is 10.7. The molecule has 6 heteroatoms. The Morgan fingerprint density at radius 2 is 2.00 bits per heavy atom. The highest BCUT2D eigenvalue weighted by atomic mass is 16.5. The van der Waals surface area contributed by atoms with E-state index in [9.17, 15) is 4.79 Å². The first-order chi connectivity index (χ1) is 11.1. The van der Waals surface area contributed by atoms with Crippen molar-refractivity contribution in [1.82, 2.24) is 15.0 Å². The van der Waals surface area contributed by atoms with Crippen molar-refractivity contribution in [2.45, 2.75) is 13.3 Å². The molecule has 0 atom stereocenters. The maximum absolute atomic E-state index is 12.1. The van der Waals surface area contributed by atoms with Crippen molar-refractivity contribution < 1.29 is 13.7 Å². The van der Waals surface area contributed by atoms with Crippen LogP contribution >= 0.6 is 0 Å². The van der Waals surface area contributed by atoms with Crippen LogP contribution in [0.2, 0.25) is 0 Å². The lowest BCUT2D eigenvalue weighted by Crippen LogP contribution is -2.28. The van der Waals surface area contributed by atoms with E-state index in [0.717, 1.165) is 5.56 Å². The average Bonchev–Trinajstić information content (AvgIpc) is 3.24. The predicted octanol–water partition coefficient (Wildman–Crippen LogP) is 2.95. The minimum atomic E-state index is -0.169. The molecule has 0 N–H and O–H groups in total. The van der Waals surface area contributed by atoms with Crippen LogP contribution in [0.15, 0.2) is 51.6 Å². The molecular weight excluding hydrogens is 294 g/mol. The van der Waals surface area contributed by atoms with E-state index in [1.165, 1.54) is 11.8 Å². The summed E-state index contributed by atoms with van der Waals surface area (Å²) in [6.45, 7) is 2.50. The van der Waals surface area contributed by atoms with Crippen molar-refractivity contribution in [3.63, 3.8) is 0 Å². The highest BCUT2D eigenvalue weighted by Crippen LogP contribution is 2.17. The van der Waals surface area contributed by atoms with E-state index in [-0.39, 0.29) is 5.91 Å². The van der Waals surface area contributed by atoms with E-state index < -0.39 is 0 Å². The van der Waals surface area contributed by atoms with Gasteiger partial charge in [-0.25, -0.2) is 0 Å². The van der Waals surface area contributed by atoms with Gasteiger partial charge in [0.1, 0.15) is 0 Å². The Morgan fingerprint density at radius 1 is 1.22 bits per heavy atom. The molecule has 0 fully saturated rings. The van der Waals surface area contributed by atoms with E-state index in [4.69, 9.17) is 8.94 Å². The number of rotatable bonds is 5. The molecule has 2 heterocycles. The highest BCUT2D eigenvalue weighted by molar-refractivity contribution is 5.91. The van der Waals surface area contributed by atoms with Crippen molar-refractivity contribution in [3.8, 4) is 11.5 Å². The number of furan rings is 1. The first kappa shape index (κ1) is 15.0. The minimum Gasteiger partial charge on any atom is -0.459 e. The Bertz CT molecular complexity index is 776. The molecule has 2 aromatic heterocycles. The maximum atomic E-state index is 12.1. The molecule has 6 nitrogen and oxygen atoms in total. The SMILES string of the molecule is Cc1ccc(-c2nc(CCN(C)C(=O)c3ccco3)no2)cc1. The fourth-order valence-corrected chi connectivity index (χ4v) is 2.13. The summed E-state index contributed by atoms with van der Waals surface area (Å²) < 4.78 is 10.4. The van der Waals surface area contributed by atoms with Crippen LogP contribution < -0.4 is 0 Å². The van der Waals surface area contributed by atoms with Crippen molar-refractivity contribution >= 4 is 5.91 Å². The summed E-state index contributed by atoms with van der Waals surface area (Å²) in [6, 6.07) is 11.2. The zero-order chi connectivity index (χ0) is 16.2. The van der Waals surface area contributed by atoms with Gasteiger partial charge in [-0.15, -0.1) is 0 Å². The summed E-state index contributed by atoms with van der Waals surface area (Å²) >= 11 is 0. The number of carbonyl (C=O) groups excluding carboxylic acids is 1. The molecule has 1 amide bonds. The van der Waals surface area contributed by atoms with Crippen molar-refractivity contribution in [2.75, 3.05) is 13.6 Å². The summed E-state index contributed by atoms with van der Waals surface area (Å²) in [6.07, 6.45) is 1.99. The lowest BCUT2D eigenvalue weighted by atomic mass is 10.1. The van der Waals surface area contributed by atoms with Crippen LogP contribution in [0.25, 0.3) is 11.5 Å². The zero-order valence-electron chi connectivity index (χ0n) is 13.0. The Kier molecular flexibility index (Phi) is 4.23. The Morgan fingerprint density at radius 3 is 2.70 bits per heavy atom. The van der Waals surface area contributed by atoms with Crippen LogP contribution in [-0.2, 0) is 6.42 Å². The highest BCUT2D eigenvalue weighted by Gasteiger charge is 2.15. The van der Waals surface area contributed by atoms with Crippen LogP contribution in [0.1, 0.15) is 21.9 Å². The smallest absolute Gasteiger partial charge is 0.289 e. The molecule has 118 valence electrons. The number of hydrogen-bond acceptors (Lipinski definition) is 5. The van der Waals surface area contributed by atoms with Crippen molar-refractivity contribution in [2.24, 2.45) is 0 Å². The topological polar surface area (TPSA) is 72.4 Å². The summed E-state index contributed by atoms with van der Waals surface area (Å²) in [5.41, 5.74) is 2.06. The largest absolute Gasteiger partial charge is 0.459 e. The summed E-state index contributed by atoms with van der Waals surface area (Å²) in [5, 5.41) is 3.96. The summed E-state index contributed by atoms with van der Waals surface area (Å²) in [7, 11) is 1.71. The van der Waals surface area contributed by atoms with E-state index in [1.54, 1.807) is 24.1 Å². The number of hydrogen-bond donors (Lipinski definition) is 0. The first-order valence-corrected chi connectivity index (χ1v) is 7.32. The Hall–Kier alpha value is -2.89. The summed E-state index contributed by atoms with van der Waals surface area (Å²) in [5.74, 6) is 1.21. The van der Waals surface area contributed by atoms with Crippen LogP contribution in [-0.4, -0.2) is 34.5 Å². The van der Waals surface area contributed by atoms with Gasteiger partial charge in [0, 0.05) is 25.6 Å². The van der Waals surface area contributed by atoms with Gasteiger partial charge < -0.3 is 13.8 Å². The monoisotopic (exact) mass is 311 g/mol. The van der Waals surface area contributed by atoms with Crippen LogP contribution in [0.4, 0.5) is 0 Å². The van der Waals surface area contributed by atoms with Crippen molar-refractivity contribution in [1.29, 1.82) is 0 Å². The van der Waals surface area contributed by atoms with Gasteiger partial charge in [-0.3, -0.25) is 4.79 Å². The fraction of sp³-hybridized carbons (Fsp3) is 0.235. The fourth-order valence-electron chi connectivity index (χ4n) is 2.13. The van der Waals surface area contributed by atoms with Gasteiger partial charge in [0.25, 0.3) is 11.8 Å². The first-order valence-electron chi connectivity index (χ1n) is 7.32. The number of aromatic nitrogens is 2. The Balaban J connectivity index is 1.61. The van der Waals surface area contributed by atoms with E-state index in [2.05, 4.69) is 10.1 Å². The van der Waals surface area contributed by atoms with Crippen LogP contribution in [0, 0.1) is 6.92 Å². The molecule has 23 heavy (non-hydrogen) atoms. The predicted molar refractivity (Wildman–Crippen MR) is 83.8 cm³/mol. The van der Waals surface area contributed by atoms with Crippen LogP contribution in [0.5, 0.6) is 0 Å². The third kappa shape index (κ3) is 3.48. The van der Waals surface area contributed by atoms with Crippen LogP contribution in [0.3, 0.4) is 0 Å². The van der Waals surface area contributed by atoms with Gasteiger partial charge >= 0.3 is 0 Å². The lowest BCUT2D eigenvalue weighted by molar-refractivity contribution is 0.0764. The van der Waals surface area contributed by atoms with Gasteiger partial charge in [0.15, 0.2) is 11.6 Å². The van der Waals surface area contributed by atoms with Gasteiger partial charge in [0.05, 0.1) is 6.26 Å². The number of nitrogens with zero attached hydrogens (tertiary/aromatic N) is 3. The molecule has 0 saturated carbocycles. The quantitative estimate of drug-likeness (QED) is 0.724. The molecule has 0 radical (unpaired) electrons. The molecule has 0 aliphatic rings. The van der Waals surface area contributed by atoms with E-state index in [0.29, 0.717) is 30.4 Å². The third-order valence-corrected chi connectivity index (χ3v) is 3.52. The molecule has 0 unspecified atom stereocenters. The van der Waals surface area contributed by atoms with Gasteiger partial charge in [-0.2, -0.15) is 4.98 Å². The molecular formula is C17H17N3O3. The molecule has 3 aromatic rings. The molecule has 0 spiro atoms. The lowest BCUT2D eigenvalue weighted by Gasteiger charge is -2.14. The number of aryl methyl sites for hydroxylation is 1. The molecule has 0 bridgehead atoms. The van der Waals surface area contributed by atoms with Crippen molar-refractivity contribution in [3.05, 3.63) is 59.8 Å². The second-order valence-corrected chi connectivity index (χ2v) is 5.34. The summed E-state index contributed by atoms with van der Waals surface area (Å²) in [4.78, 5) is 18.0. The molecule has 0 aliphatic carbocycles. The van der Waals surface area contributed by atoms with Gasteiger partial charge in [0.2, 0.25) is 0 Å². The second-order valence-electron chi connectivity index (χ2n) is 5.34. The standard InChI is InChI=1S/C17H17N3O3/c1-12-5-7-13(8-6-12)16-18-15(19-23-16)9-10-20(2)17(21)14-4-3-11-22-14/h3-8,11H,9-10H2,1-2H3. The molecule has 0 aliphatic heterocycles. The Labute approximate surface area is 133 Å². The zero-order valence-corrected chi connectivity index (χ0v) is 13.0. The van der Waals surface area contributed by atoms with E-state index >= 15 is 0 Å².